The first-order chi connectivity index (χ1) is 28.1. The van der Waals surface area contributed by atoms with Gasteiger partial charge in [-0.2, -0.15) is 36.5 Å². The zero-order chi connectivity index (χ0) is 42.3. The minimum Gasteiger partial charge on any atom is -0.481 e. The van der Waals surface area contributed by atoms with Crippen LogP contribution in [-0.4, -0.2) is 49.6 Å². The summed E-state index contributed by atoms with van der Waals surface area (Å²) in [5.74, 6) is -2.28. The number of nitrogens with one attached hydrogen (secondary N) is 1. The number of carboxylic acid groups (broad SMARTS) is 1. The molecule has 0 radical (unpaired) electrons. The molecule has 0 saturated carbocycles. The van der Waals surface area contributed by atoms with Crippen LogP contribution >= 0.6 is 0 Å². The Morgan fingerprint density at radius 1 is 0.644 bits per heavy atom. The summed E-state index contributed by atoms with van der Waals surface area (Å²) in [5.41, 5.74) is 3.24. The molecule has 0 saturated heterocycles. The molecule has 59 heavy (non-hydrogen) atoms. The number of hydrogen-bond acceptors (Lipinski definition) is 5. The second-order valence-corrected chi connectivity index (χ2v) is 13.5. The number of alkyl halides is 6. The average molecular weight is 825 g/mol. The Labute approximate surface area is 332 Å². The summed E-state index contributed by atoms with van der Waals surface area (Å²) < 4.78 is 106. The minimum atomic E-state index is -4.52. The number of hydrogen-bond donors (Lipinski definition) is 2. The van der Waals surface area contributed by atoms with Gasteiger partial charge in [0.2, 0.25) is 5.91 Å². The highest BCUT2D eigenvalue weighted by Gasteiger charge is 2.35. The third-order valence-electron chi connectivity index (χ3n) is 9.48. The number of anilines is 2. The zero-order valence-electron chi connectivity index (χ0n) is 31.1. The summed E-state index contributed by atoms with van der Waals surface area (Å²) >= 11 is 0. The second-order valence-electron chi connectivity index (χ2n) is 13.5. The van der Waals surface area contributed by atoms with E-state index in [4.69, 9.17) is 5.11 Å². The van der Waals surface area contributed by atoms with Gasteiger partial charge in [-0.05, 0) is 97.5 Å². The van der Waals surface area contributed by atoms with Crippen molar-refractivity contribution in [3.8, 4) is 11.4 Å². The van der Waals surface area contributed by atoms with Crippen molar-refractivity contribution in [2.75, 3.05) is 23.3 Å². The first-order valence-electron chi connectivity index (χ1n) is 18.3. The van der Waals surface area contributed by atoms with Crippen molar-refractivity contribution in [3.63, 3.8) is 0 Å². The lowest BCUT2D eigenvalue weighted by atomic mass is 10.0. The molecular formula is C42H36F8N6O3. The van der Waals surface area contributed by atoms with Gasteiger partial charge in [0, 0.05) is 13.1 Å². The van der Waals surface area contributed by atoms with Crippen LogP contribution in [0, 0.1) is 11.6 Å². The van der Waals surface area contributed by atoms with Crippen molar-refractivity contribution in [2.24, 2.45) is 0 Å². The molecule has 0 spiro atoms. The SMILES string of the molecule is Fc1ccc(-n2ncc3c2CCCN3)cc1.O=C(Cc1ccccc1C(F)(F)F)N1CCCc2c1cnn2-c1ccc(F)cc1.O=C(O)Cc1ccccc1C(F)(F)F. The van der Waals surface area contributed by atoms with E-state index in [2.05, 4.69) is 15.5 Å². The predicted molar refractivity (Wildman–Crippen MR) is 202 cm³/mol. The Bertz CT molecular complexity index is 2390. The van der Waals surface area contributed by atoms with Crippen LogP contribution < -0.4 is 10.2 Å². The molecular weight excluding hydrogens is 788 g/mol. The van der Waals surface area contributed by atoms with E-state index in [1.165, 1.54) is 71.4 Å². The number of aliphatic carboxylic acids is 1. The van der Waals surface area contributed by atoms with E-state index < -0.39 is 41.8 Å². The summed E-state index contributed by atoms with van der Waals surface area (Å²) in [6.07, 6.45) is -3.17. The van der Waals surface area contributed by atoms with Crippen LogP contribution in [0.25, 0.3) is 11.4 Å². The van der Waals surface area contributed by atoms with Gasteiger partial charge < -0.3 is 15.3 Å². The molecule has 0 atom stereocenters. The highest BCUT2D eigenvalue weighted by atomic mass is 19.4. The van der Waals surface area contributed by atoms with Crippen molar-refractivity contribution in [1.82, 2.24) is 19.6 Å². The van der Waals surface area contributed by atoms with Gasteiger partial charge in [0.1, 0.15) is 11.6 Å². The number of fused-ring (bicyclic) bond motifs is 2. The van der Waals surface area contributed by atoms with Crippen molar-refractivity contribution >= 4 is 23.3 Å². The summed E-state index contributed by atoms with van der Waals surface area (Å²) in [4.78, 5) is 24.6. The Balaban J connectivity index is 0.000000164. The molecule has 9 nitrogen and oxygen atoms in total. The molecule has 4 aromatic carbocycles. The van der Waals surface area contributed by atoms with E-state index in [-0.39, 0.29) is 29.2 Å². The van der Waals surface area contributed by atoms with Gasteiger partial charge >= 0.3 is 18.3 Å². The predicted octanol–water partition coefficient (Wildman–Crippen LogP) is 9.25. The summed E-state index contributed by atoms with van der Waals surface area (Å²) in [6.45, 7) is 1.41. The number of halogens is 8. The smallest absolute Gasteiger partial charge is 0.416 e. The number of carbonyl (C=O) groups is 2. The van der Waals surface area contributed by atoms with Gasteiger partial charge in [-0.3, -0.25) is 9.59 Å². The molecule has 2 N–H and O–H groups in total. The molecule has 2 aliphatic heterocycles. The van der Waals surface area contributed by atoms with Crippen LogP contribution in [0.5, 0.6) is 0 Å². The maximum Gasteiger partial charge on any atom is 0.416 e. The monoisotopic (exact) mass is 824 g/mol. The molecule has 0 fully saturated rings. The zero-order valence-corrected chi connectivity index (χ0v) is 31.1. The minimum absolute atomic E-state index is 0.0527. The topological polar surface area (TPSA) is 105 Å². The Morgan fingerprint density at radius 2 is 1.14 bits per heavy atom. The molecule has 2 aromatic heterocycles. The number of carboxylic acids is 1. The fourth-order valence-corrected chi connectivity index (χ4v) is 6.78. The Morgan fingerprint density at radius 3 is 1.68 bits per heavy atom. The highest BCUT2D eigenvalue weighted by molar-refractivity contribution is 5.95. The van der Waals surface area contributed by atoms with E-state index >= 15 is 0 Å². The molecule has 1 amide bonds. The molecule has 4 heterocycles. The van der Waals surface area contributed by atoms with E-state index in [0.29, 0.717) is 30.8 Å². The fourth-order valence-electron chi connectivity index (χ4n) is 6.78. The maximum absolute atomic E-state index is 13.2. The van der Waals surface area contributed by atoms with Crippen molar-refractivity contribution < 1.29 is 49.8 Å². The van der Waals surface area contributed by atoms with Crippen LogP contribution in [-0.2, 0) is 47.6 Å². The van der Waals surface area contributed by atoms with Gasteiger partial charge in [-0.15, -0.1) is 0 Å². The third kappa shape index (κ3) is 10.3. The number of nitrogens with zero attached hydrogens (tertiary/aromatic N) is 5. The summed E-state index contributed by atoms with van der Waals surface area (Å²) in [5, 5.41) is 20.3. The van der Waals surface area contributed by atoms with E-state index in [0.717, 1.165) is 54.7 Å². The lowest BCUT2D eigenvalue weighted by molar-refractivity contribution is -0.140. The lowest BCUT2D eigenvalue weighted by Crippen LogP contribution is -2.36. The number of carbonyl (C=O) groups excluding carboxylic acids is 1. The van der Waals surface area contributed by atoms with Gasteiger partial charge in [-0.1, -0.05) is 36.4 Å². The molecule has 0 bridgehead atoms. The molecule has 6 aromatic rings. The van der Waals surface area contributed by atoms with Crippen LogP contribution in [0.15, 0.2) is 109 Å². The number of amides is 1. The van der Waals surface area contributed by atoms with Crippen LogP contribution in [0.2, 0.25) is 0 Å². The molecule has 308 valence electrons. The molecule has 0 aliphatic carbocycles. The highest BCUT2D eigenvalue weighted by Crippen LogP contribution is 2.35. The van der Waals surface area contributed by atoms with Crippen molar-refractivity contribution in [3.05, 3.63) is 155 Å². The normalized spacial score (nSPS) is 13.5. The van der Waals surface area contributed by atoms with Crippen molar-refractivity contribution in [2.45, 2.75) is 50.9 Å². The quantitative estimate of drug-likeness (QED) is 0.162. The average Bonchev–Trinajstić information content (AvgIpc) is 3.84. The van der Waals surface area contributed by atoms with E-state index in [1.807, 2.05) is 10.9 Å². The fraction of sp³-hybridized carbons (Fsp3) is 0.238. The number of benzene rings is 4. The van der Waals surface area contributed by atoms with Crippen LogP contribution in [0.1, 0.15) is 46.5 Å². The van der Waals surface area contributed by atoms with Crippen molar-refractivity contribution in [1.29, 1.82) is 0 Å². The van der Waals surface area contributed by atoms with Gasteiger partial charge in [0.25, 0.3) is 0 Å². The van der Waals surface area contributed by atoms with Crippen LogP contribution in [0.4, 0.5) is 46.5 Å². The standard InChI is InChI=1S/C21H17F4N3O.C12H12FN3.C9H7F3O2/c22-15-7-9-16(10-8-15)28-18-6-3-11-27(19(18)13-26-28)20(29)12-14-4-1-2-5-17(14)21(23,24)25;13-9-3-5-10(6-4-9)16-12-2-1-7-14-11(12)8-15-16;10-9(11,12)7-4-2-1-3-6(7)5-8(13)14/h1-2,4-5,7-10,13H,3,6,11-12H2;3-6,8,14H,1-2,7H2;1-4H,5H2,(H,13,14). The number of rotatable bonds is 6. The lowest BCUT2D eigenvalue weighted by Gasteiger charge is -2.27. The molecule has 8 rings (SSSR count). The van der Waals surface area contributed by atoms with Crippen LogP contribution in [0.3, 0.4) is 0 Å². The first-order valence-corrected chi connectivity index (χ1v) is 18.3. The third-order valence-corrected chi connectivity index (χ3v) is 9.48. The summed E-state index contributed by atoms with van der Waals surface area (Å²) in [7, 11) is 0. The Hall–Kier alpha value is -6.52. The first kappa shape index (κ1) is 42.1. The Kier molecular flexibility index (Phi) is 12.8. The molecule has 2 aliphatic rings. The number of aromatic nitrogens is 4. The van der Waals surface area contributed by atoms with Gasteiger partial charge in [-0.25, -0.2) is 18.1 Å². The van der Waals surface area contributed by atoms with Gasteiger partial charge in [0.15, 0.2) is 0 Å². The maximum atomic E-state index is 13.2. The second kappa shape index (κ2) is 18.0. The molecule has 17 heteroatoms. The molecule has 0 unspecified atom stereocenters. The largest absolute Gasteiger partial charge is 0.481 e. The van der Waals surface area contributed by atoms with E-state index in [1.54, 1.807) is 28.9 Å². The van der Waals surface area contributed by atoms with E-state index in [9.17, 15) is 44.7 Å². The summed E-state index contributed by atoms with van der Waals surface area (Å²) in [6, 6.07) is 22.0. The van der Waals surface area contributed by atoms with Gasteiger partial charge in [0.05, 0.1) is 70.5 Å².